The zero-order valence-corrected chi connectivity index (χ0v) is 16.8. The predicted octanol–water partition coefficient (Wildman–Crippen LogP) is 2.51. The third-order valence-electron chi connectivity index (χ3n) is 5.24. The molecule has 8 nitrogen and oxygen atoms in total. The Morgan fingerprint density at radius 1 is 1.19 bits per heavy atom. The fourth-order valence-corrected chi connectivity index (χ4v) is 3.81. The van der Waals surface area contributed by atoms with Gasteiger partial charge in [0.05, 0.1) is 18.8 Å². The van der Waals surface area contributed by atoms with E-state index in [2.05, 4.69) is 25.3 Å². The van der Waals surface area contributed by atoms with Crippen molar-refractivity contribution in [3.63, 3.8) is 0 Å². The van der Waals surface area contributed by atoms with Gasteiger partial charge < -0.3 is 10.1 Å². The number of aromatic nitrogens is 5. The Labute approximate surface area is 175 Å². The molecule has 0 atom stereocenters. The van der Waals surface area contributed by atoms with Gasteiger partial charge in [0, 0.05) is 29.5 Å². The molecule has 4 rings (SSSR count). The number of nitrogens with one attached hydrogen (secondary N) is 1. The van der Waals surface area contributed by atoms with Gasteiger partial charge in [-0.05, 0) is 44.8 Å². The third kappa shape index (κ3) is 4.36. The van der Waals surface area contributed by atoms with Gasteiger partial charge in [-0.25, -0.2) is 9.97 Å². The first-order valence-electron chi connectivity index (χ1n) is 9.99. The Balaban J connectivity index is 1.90. The lowest BCUT2D eigenvalue weighted by Crippen LogP contribution is -2.33. The average molecular weight is 434 g/mol. The molecule has 0 saturated carbocycles. The molecular weight excluding hydrogens is 413 g/mol. The van der Waals surface area contributed by atoms with Gasteiger partial charge in [-0.2, -0.15) is 18.2 Å². The first-order valence-corrected chi connectivity index (χ1v) is 9.99. The molecule has 0 bridgehead atoms. The van der Waals surface area contributed by atoms with E-state index < -0.39 is 18.4 Å². The van der Waals surface area contributed by atoms with Crippen LogP contribution in [0, 0.1) is 0 Å². The van der Waals surface area contributed by atoms with Gasteiger partial charge in [0.2, 0.25) is 0 Å². The van der Waals surface area contributed by atoms with Crippen molar-refractivity contribution in [2.24, 2.45) is 0 Å². The van der Waals surface area contributed by atoms with Crippen molar-refractivity contribution in [1.29, 1.82) is 0 Å². The largest absolute Gasteiger partial charge is 0.464 e. The smallest absolute Gasteiger partial charge is 0.435 e. The summed E-state index contributed by atoms with van der Waals surface area (Å²) in [7, 11) is 0. The van der Waals surface area contributed by atoms with Crippen molar-refractivity contribution in [2.45, 2.75) is 38.4 Å². The molecule has 0 amide bonds. The molecule has 1 aliphatic heterocycles. The minimum atomic E-state index is -4.69. The van der Waals surface area contributed by atoms with Crippen molar-refractivity contribution < 1.29 is 17.9 Å². The molecule has 0 spiro atoms. The summed E-state index contributed by atoms with van der Waals surface area (Å²) in [5, 5.41) is 3.80. The summed E-state index contributed by atoms with van der Waals surface area (Å²) in [5.41, 5.74) is -1.13. The minimum Gasteiger partial charge on any atom is -0.464 e. The summed E-state index contributed by atoms with van der Waals surface area (Å²) in [6.45, 7) is 3.19. The van der Waals surface area contributed by atoms with Crippen LogP contribution in [0.25, 0.3) is 11.0 Å². The lowest BCUT2D eigenvalue weighted by molar-refractivity contribution is -0.142. The summed E-state index contributed by atoms with van der Waals surface area (Å²) in [4.78, 5) is 29.2. The van der Waals surface area contributed by atoms with E-state index in [-0.39, 0.29) is 28.8 Å². The van der Waals surface area contributed by atoms with Crippen molar-refractivity contribution in [3.05, 3.63) is 52.0 Å². The van der Waals surface area contributed by atoms with Gasteiger partial charge in [-0.15, -0.1) is 0 Å². The molecule has 1 fully saturated rings. The number of ether oxygens (including phenoxy) is 1. The van der Waals surface area contributed by atoms with Gasteiger partial charge in [-0.1, -0.05) is 0 Å². The van der Waals surface area contributed by atoms with Crippen molar-refractivity contribution in [2.75, 3.05) is 19.7 Å². The number of piperidine rings is 1. The summed E-state index contributed by atoms with van der Waals surface area (Å²) >= 11 is 0. The standard InChI is InChI=1S/C20H21F3N6O2/c1-2-31-19-27-10-13-9-14(12-3-5-24-6-4-12)18(30)29(17(13)28-19)11-15-16(20(21,22)23)26-8-7-25-15/h7-10,12,24H,2-6,11H2,1H3. The van der Waals surface area contributed by atoms with Crippen LogP contribution in [0.15, 0.2) is 29.5 Å². The first kappa shape index (κ1) is 21.2. The average Bonchev–Trinajstić information content (AvgIpc) is 2.76. The van der Waals surface area contributed by atoms with Crippen molar-refractivity contribution in [1.82, 2.24) is 29.8 Å². The molecule has 0 aliphatic carbocycles. The number of hydrogen-bond donors (Lipinski definition) is 1. The van der Waals surface area contributed by atoms with Crippen LogP contribution < -0.4 is 15.6 Å². The summed E-state index contributed by atoms with van der Waals surface area (Å²) in [6.07, 6.45) is 0.508. The first-order chi connectivity index (χ1) is 14.9. The molecular formula is C20H21F3N6O2. The van der Waals surface area contributed by atoms with Crippen LogP contribution in [-0.4, -0.2) is 44.2 Å². The Morgan fingerprint density at radius 2 is 1.94 bits per heavy atom. The van der Waals surface area contributed by atoms with Crippen LogP contribution >= 0.6 is 0 Å². The predicted molar refractivity (Wildman–Crippen MR) is 106 cm³/mol. The van der Waals surface area contributed by atoms with Gasteiger partial charge >= 0.3 is 12.2 Å². The zero-order chi connectivity index (χ0) is 22.0. The van der Waals surface area contributed by atoms with E-state index in [9.17, 15) is 18.0 Å². The number of rotatable bonds is 5. The molecule has 3 aromatic rings. The number of pyridine rings is 1. The van der Waals surface area contributed by atoms with E-state index in [0.717, 1.165) is 32.1 Å². The number of halogens is 3. The highest BCUT2D eigenvalue weighted by Crippen LogP contribution is 2.30. The second-order valence-corrected chi connectivity index (χ2v) is 7.23. The van der Waals surface area contributed by atoms with E-state index in [1.54, 1.807) is 13.0 Å². The van der Waals surface area contributed by atoms with Crippen LogP contribution in [0.4, 0.5) is 13.2 Å². The Kier molecular flexibility index (Phi) is 5.86. The highest BCUT2D eigenvalue weighted by Gasteiger charge is 2.36. The topological polar surface area (TPSA) is 94.8 Å². The summed E-state index contributed by atoms with van der Waals surface area (Å²) in [6, 6.07) is 1.79. The van der Waals surface area contributed by atoms with Gasteiger partial charge in [0.25, 0.3) is 5.56 Å². The van der Waals surface area contributed by atoms with E-state index in [1.165, 1.54) is 17.0 Å². The molecule has 0 radical (unpaired) electrons. The van der Waals surface area contributed by atoms with E-state index in [4.69, 9.17) is 4.74 Å². The Morgan fingerprint density at radius 3 is 2.65 bits per heavy atom. The molecule has 3 aromatic heterocycles. The van der Waals surface area contributed by atoms with Gasteiger partial charge in [0.1, 0.15) is 5.65 Å². The lowest BCUT2D eigenvalue weighted by Gasteiger charge is -2.23. The molecule has 1 N–H and O–H groups in total. The van der Waals surface area contributed by atoms with Gasteiger partial charge in [0.15, 0.2) is 5.69 Å². The molecule has 4 heterocycles. The quantitative estimate of drug-likeness (QED) is 0.659. The molecule has 164 valence electrons. The Bertz CT molecular complexity index is 1140. The molecule has 11 heteroatoms. The third-order valence-corrected chi connectivity index (χ3v) is 5.24. The van der Waals surface area contributed by atoms with Crippen LogP contribution in [0.1, 0.15) is 42.6 Å². The highest BCUT2D eigenvalue weighted by atomic mass is 19.4. The lowest BCUT2D eigenvalue weighted by atomic mass is 9.90. The summed E-state index contributed by atoms with van der Waals surface area (Å²) in [5.74, 6) is -0.0000811. The maximum atomic E-state index is 13.5. The second-order valence-electron chi connectivity index (χ2n) is 7.23. The molecule has 31 heavy (non-hydrogen) atoms. The molecule has 0 aromatic carbocycles. The maximum Gasteiger partial charge on any atom is 0.435 e. The fraction of sp³-hybridized carbons (Fsp3) is 0.450. The molecule has 0 unspecified atom stereocenters. The van der Waals surface area contributed by atoms with E-state index >= 15 is 0 Å². The van der Waals surface area contributed by atoms with Crippen molar-refractivity contribution >= 4 is 11.0 Å². The maximum absolute atomic E-state index is 13.5. The number of hydrogen-bond acceptors (Lipinski definition) is 7. The molecule has 1 aliphatic rings. The summed E-state index contributed by atoms with van der Waals surface area (Å²) < 4.78 is 46.9. The fourth-order valence-electron chi connectivity index (χ4n) is 3.81. The van der Waals surface area contributed by atoms with E-state index in [1.807, 2.05) is 0 Å². The van der Waals surface area contributed by atoms with Crippen LogP contribution in [0.2, 0.25) is 0 Å². The second kappa shape index (κ2) is 8.58. The Hall–Kier alpha value is -3.08. The number of fused-ring (bicyclic) bond motifs is 1. The van der Waals surface area contributed by atoms with Crippen LogP contribution in [0.5, 0.6) is 6.01 Å². The van der Waals surface area contributed by atoms with Crippen LogP contribution in [-0.2, 0) is 12.7 Å². The zero-order valence-electron chi connectivity index (χ0n) is 16.8. The van der Waals surface area contributed by atoms with E-state index in [0.29, 0.717) is 17.6 Å². The van der Waals surface area contributed by atoms with Crippen LogP contribution in [0.3, 0.4) is 0 Å². The monoisotopic (exact) mass is 434 g/mol. The number of nitrogens with zero attached hydrogens (tertiary/aromatic N) is 5. The van der Waals surface area contributed by atoms with Gasteiger partial charge in [-0.3, -0.25) is 14.3 Å². The van der Waals surface area contributed by atoms with Crippen molar-refractivity contribution in [3.8, 4) is 6.01 Å². The minimum absolute atomic E-state index is 0.0000811. The number of alkyl halides is 3. The normalized spacial score (nSPS) is 15.4. The SMILES string of the molecule is CCOc1ncc2cc(C3CCNCC3)c(=O)n(Cc3nccnc3C(F)(F)F)c2n1. The highest BCUT2D eigenvalue weighted by molar-refractivity contribution is 5.75. The molecule has 1 saturated heterocycles.